The van der Waals surface area contributed by atoms with Crippen LogP contribution in [0.1, 0.15) is 35.7 Å². The van der Waals surface area contributed by atoms with E-state index in [9.17, 15) is 22.0 Å². The number of hydrogen-bond donors (Lipinski definition) is 0. The van der Waals surface area contributed by atoms with Crippen molar-refractivity contribution in [2.45, 2.75) is 38.5 Å². The molecule has 0 N–H and O–H groups in total. The molecule has 1 aliphatic rings. The quantitative estimate of drug-likeness (QED) is 0.306. The van der Waals surface area contributed by atoms with Crippen LogP contribution in [0.3, 0.4) is 0 Å². The van der Waals surface area contributed by atoms with Gasteiger partial charge in [0.05, 0.1) is 34.8 Å². The molecule has 0 radical (unpaired) electrons. The normalized spacial score (nSPS) is 15.7. The van der Waals surface area contributed by atoms with Crippen LogP contribution in [0.2, 0.25) is 0 Å². The van der Waals surface area contributed by atoms with Crippen molar-refractivity contribution in [2.24, 2.45) is 5.92 Å². The Morgan fingerprint density at radius 1 is 1.03 bits per heavy atom. The van der Waals surface area contributed by atoms with Gasteiger partial charge in [0.1, 0.15) is 5.69 Å². The largest absolute Gasteiger partial charge is 0.415 e. The van der Waals surface area contributed by atoms with E-state index >= 15 is 0 Å². The summed E-state index contributed by atoms with van der Waals surface area (Å²) in [5.74, 6) is -1.98. The van der Waals surface area contributed by atoms with Crippen LogP contribution in [0.15, 0.2) is 41.1 Å². The van der Waals surface area contributed by atoms with Gasteiger partial charge in [0.15, 0.2) is 0 Å². The fourth-order valence-electron chi connectivity index (χ4n) is 3.98. The van der Waals surface area contributed by atoms with Gasteiger partial charge in [-0.05, 0) is 50.2 Å². The second kappa shape index (κ2) is 10.0. The summed E-state index contributed by atoms with van der Waals surface area (Å²) in [4.78, 5) is 8.31. The maximum absolute atomic E-state index is 12.9. The Balaban J connectivity index is 1.17. The first-order chi connectivity index (χ1) is 17.2. The highest BCUT2D eigenvalue weighted by Crippen LogP contribution is 2.35. The van der Waals surface area contributed by atoms with Crippen molar-refractivity contribution in [1.29, 1.82) is 0 Å². The molecular formula is C22H20F5N7OS. The minimum atomic E-state index is -4.11. The summed E-state index contributed by atoms with van der Waals surface area (Å²) >= 11 is 1.54. The van der Waals surface area contributed by atoms with Gasteiger partial charge < -0.3 is 4.42 Å². The van der Waals surface area contributed by atoms with Crippen LogP contribution in [-0.4, -0.2) is 54.3 Å². The number of nitrogens with zero attached hydrogens (tertiary/aromatic N) is 7. The van der Waals surface area contributed by atoms with Crippen LogP contribution in [0.25, 0.3) is 22.0 Å². The third kappa shape index (κ3) is 5.59. The topological polar surface area (TPSA) is 85.8 Å². The molecule has 190 valence electrons. The first kappa shape index (κ1) is 24.4. The van der Waals surface area contributed by atoms with Crippen molar-refractivity contribution in [3.05, 3.63) is 53.1 Å². The van der Waals surface area contributed by atoms with Crippen LogP contribution in [0.4, 0.5) is 22.0 Å². The van der Waals surface area contributed by atoms with E-state index in [1.54, 1.807) is 23.0 Å². The average Bonchev–Trinajstić information content (AvgIpc) is 3.60. The van der Waals surface area contributed by atoms with Crippen LogP contribution in [-0.2, 0) is 13.1 Å². The number of rotatable bonds is 7. The van der Waals surface area contributed by atoms with E-state index in [0.29, 0.717) is 43.1 Å². The SMILES string of the molecule is FC(F)c1nnc(-c2ccc(Cn3cc(-c4ccc(CN5CCC(C(F)(F)F)CC5)s4)nn3)nc2)o1. The number of likely N-dealkylation sites (tertiary alicyclic amines) is 1. The highest BCUT2D eigenvalue weighted by Gasteiger charge is 2.41. The number of aromatic nitrogens is 6. The predicted octanol–water partition coefficient (Wildman–Crippen LogP) is 5.21. The number of alkyl halides is 5. The highest BCUT2D eigenvalue weighted by molar-refractivity contribution is 7.15. The van der Waals surface area contributed by atoms with E-state index < -0.39 is 24.4 Å². The maximum Gasteiger partial charge on any atom is 0.391 e. The van der Waals surface area contributed by atoms with Crippen molar-refractivity contribution >= 4 is 11.3 Å². The van der Waals surface area contributed by atoms with Gasteiger partial charge in [0.2, 0.25) is 5.89 Å². The molecule has 0 saturated carbocycles. The van der Waals surface area contributed by atoms with Gasteiger partial charge in [-0.15, -0.1) is 26.6 Å². The van der Waals surface area contributed by atoms with E-state index in [-0.39, 0.29) is 18.7 Å². The Morgan fingerprint density at radius 3 is 2.50 bits per heavy atom. The van der Waals surface area contributed by atoms with Crippen LogP contribution in [0, 0.1) is 5.92 Å². The molecule has 4 aromatic heterocycles. The summed E-state index contributed by atoms with van der Waals surface area (Å²) in [6, 6.07) is 7.24. The zero-order chi connectivity index (χ0) is 25.3. The summed E-state index contributed by atoms with van der Waals surface area (Å²) in [6.45, 7) is 1.81. The van der Waals surface area contributed by atoms with E-state index in [2.05, 4.69) is 25.5 Å². The van der Waals surface area contributed by atoms with Gasteiger partial charge >= 0.3 is 12.6 Å². The molecule has 1 fully saturated rings. The van der Waals surface area contributed by atoms with Gasteiger partial charge in [-0.25, -0.2) is 4.68 Å². The number of piperidine rings is 1. The fourth-order valence-corrected chi connectivity index (χ4v) is 4.98. The van der Waals surface area contributed by atoms with Gasteiger partial charge in [-0.2, -0.15) is 22.0 Å². The third-order valence-electron chi connectivity index (χ3n) is 5.91. The second-order valence-electron chi connectivity index (χ2n) is 8.44. The van der Waals surface area contributed by atoms with E-state index in [1.807, 2.05) is 17.0 Å². The minimum Gasteiger partial charge on any atom is -0.415 e. The summed E-state index contributed by atoms with van der Waals surface area (Å²) in [6.07, 6.45) is -3.44. The molecule has 5 rings (SSSR count). The molecule has 14 heteroatoms. The summed E-state index contributed by atoms with van der Waals surface area (Å²) in [5.41, 5.74) is 1.77. The molecule has 1 aliphatic heterocycles. The zero-order valence-electron chi connectivity index (χ0n) is 18.7. The van der Waals surface area contributed by atoms with E-state index in [4.69, 9.17) is 4.42 Å². The van der Waals surface area contributed by atoms with Gasteiger partial charge in [-0.3, -0.25) is 9.88 Å². The van der Waals surface area contributed by atoms with Gasteiger partial charge in [0, 0.05) is 17.6 Å². The van der Waals surface area contributed by atoms with Crippen molar-refractivity contribution in [2.75, 3.05) is 13.1 Å². The van der Waals surface area contributed by atoms with Gasteiger partial charge in [-0.1, -0.05) is 5.21 Å². The Kier molecular flexibility index (Phi) is 6.79. The second-order valence-corrected chi connectivity index (χ2v) is 9.61. The first-order valence-electron chi connectivity index (χ1n) is 11.1. The highest BCUT2D eigenvalue weighted by atomic mass is 32.1. The molecule has 0 bridgehead atoms. The van der Waals surface area contributed by atoms with Crippen molar-refractivity contribution < 1.29 is 26.4 Å². The third-order valence-corrected chi connectivity index (χ3v) is 7.00. The molecule has 0 spiro atoms. The number of halogens is 5. The Morgan fingerprint density at radius 2 is 1.83 bits per heavy atom. The lowest BCUT2D eigenvalue weighted by Gasteiger charge is -2.32. The van der Waals surface area contributed by atoms with E-state index in [1.165, 1.54) is 17.5 Å². The first-order valence-corrected chi connectivity index (χ1v) is 11.9. The molecule has 0 atom stereocenters. The predicted molar refractivity (Wildman–Crippen MR) is 119 cm³/mol. The van der Waals surface area contributed by atoms with Crippen molar-refractivity contribution in [3.63, 3.8) is 0 Å². The number of thiophene rings is 1. The lowest BCUT2D eigenvalue weighted by molar-refractivity contribution is -0.185. The fraction of sp³-hybridized carbons (Fsp3) is 0.409. The van der Waals surface area contributed by atoms with Crippen molar-refractivity contribution in [1.82, 2.24) is 35.1 Å². The Bertz CT molecular complexity index is 1290. The molecule has 0 unspecified atom stereocenters. The van der Waals surface area contributed by atoms with Crippen LogP contribution >= 0.6 is 11.3 Å². The molecule has 1 saturated heterocycles. The smallest absolute Gasteiger partial charge is 0.391 e. The molecular weight excluding hydrogens is 505 g/mol. The van der Waals surface area contributed by atoms with Gasteiger partial charge in [0.25, 0.3) is 5.89 Å². The maximum atomic E-state index is 12.9. The molecule has 4 aromatic rings. The number of hydrogen-bond acceptors (Lipinski definition) is 8. The Labute approximate surface area is 205 Å². The van der Waals surface area contributed by atoms with Crippen LogP contribution in [0.5, 0.6) is 0 Å². The summed E-state index contributed by atoms with van der Waals surface area (Å²) in [5, 5.41) is 15.3. The van der Waals surface area contributed by atoms with Crippen LogP contribution < -0.4 is 0 Å². The molecule has 0 amide bonds. The molecule has 5 heterocycles. The number of pyridine rings is 1. The lowest BCUT2D eigenvalue weighted by Crippen LogP contribution is -2.38. The van der Waals surface area contributed by atoms with Crippen molar-refractivity contribution in [3.8, 4) is 22.0 Å². The lowest BCUT2D eigenvalue weighted by atomic mass is 9.96. The van der Waals surface area contributed by atoms with E-state index in [0.717, 1.165) is 9.75 Å². The monoisotopic (exact) mass is 525 g/mol. The molecule has 0 aliphatic carbocycles. The zero-order valence-corrected chi connectivity index (χ0v) is 19.5. The summed E-state index contributed by atoms with van der Waals surface area (Å²) in [7, 11) is 0. The summed E-state index contributed by atoms with van der Waals surface area (Å²) < 4.78 is 70.4. The molecule has 0 aromatic carbocycles. The molecule has 8 nitrogen and oxygen atoms in total. The minimum absolute atomic E-state index is 0.0365. The Hall–Kier alpha value is -3.26. The average molecular weight is 526 g/mol. The standard InChI is InChI=1S/C22H20F5N7OS/c23-19(24)21-31-30-20(35-21)13-1-2-15(28-9-13)10-34-12-17(29-32-34)18-4-3-16(36-18)11-33-7-5-14(6-8-33)22(25,26)27/h1-4,9,12,14,19H,5-8,10-11H2. The molecule has 36 heavy (non-hydrogen) atoms.